The van der Waals surface area contributed by atoms with E-state index in [1.807, 2.05) is 0 Å². The number of nitrogens with two attached hydrogens (primary N) is 1. The Kier molecular flexibility index (Phi) is 8.52. The van der Waals surface area contributed by atoms with Crippen LogP contribution in [0.2, 0.25) is 0 Å². The Labute approximate surface area is 97.2 Å². The number of hydrogen-bond acceptors (Lipinski definition) is 3. The summed E-state index contributed by atoms with van der Waals surface area (Å²) < 4.78 is 0. The molecule has 0 saturated heterocycles. The van der Waals surface area contributed by atoms with E-state index in [1.165, 1.54) is 6.92 Å². The van der Waals surface area contributed by atoms with Gasteiger partial charge < -0.3 is 16.4 Å². The van der Waals surface area contributed by atoms with Gasteiger partial charge in [-0.15, -0.1) is 0 Å². The van der Waals surface area contributed by atoms with E-state index in [1.54, 1.807) is 0 Å². The molecule has 0 aliphatic heterocycles. The maximum Gasteiger partial charge on any atom is 0.220 e. The van der Waals surface area contributed by atoms with Crippen molar-refractivity contribution < 1.29 is 9.59 Å². The average Bonchev–Trinajstić information content (AvgIpc) is 2.22. The van der Waals surface area contributed by atoms with Crippen LogP contribution in [0.5, 0.6) is 0 Å². The third kappa shape index (κ3) is 9.45. The summed E-state index contributed by atoms with van der Waals surface area (Å²) in [7, 11) is 0. The highest BCUT2D eigenvalue weighted by atomic mass is 16.2. The first kappa shape index (κ1) is 14.9. The van der Waals surface area contributed by atoms with Gasteiger partial charge in [-0.1, -0.05) is 6.92 Å². The summed E-state index contributed by atoms with van der Waals surface area (Å²) in [5, 5.41) is 5.37. The van der Waals surface area contributed by atoms with Gasteiger partial charge in [0, 0.05) is 26.4 Å². The van der Waals surface area contributed by atoms with Gasteiger partial charge >= 0.3 is 0 Å². The van der Waals surface area contributed by atoms with Gasteiger partial charge in [-0.2, -0.15) is 0 Å². The number of carbonyl (C=O) groups excluding carboxylic acids is 2. The van der Waals surface area contributed by atoms with E-state index < -0.39 is 0 Å². The predicted molar refractivity (Wildman–Crippen MR) is 63.8 cm³/mol. The Morgan fingerprint density at radius 1 is 1.19 bits per heavy atom. The lowest BCUT2D eigenvalue weighted by Gasteiger charge is -2.09. The van der Waals surface area contributed by atoms with Crippen LogP contribution in [0.3, 0.4) is 0 Å². The van der Waals surface area contributed by atoms with E-state index in [0.29, 0.717) is 32.0 Å². The molecule has 0 radical (unpaired) electrons. The minimum absolute atomic E-state index is 0.0363. The molecule has 5 nitrogen and oxygen atoms in total. The highest BCUT2D eigenvalue weighted by molar-refractivity contribution is 5.76. The molecule has 0 bridgehead atoms. The molecule has 0 rings (SSSR count). The van der Waals surface area contributed by atoms with E-state index >= 15 is 0 Å². The lowest BCUT2D eigenvalue weighted by molar-refractivity contribution is -0.122. The van der Waals surface area contributed by atoms with Crippen molar-refractivity contribution in [2.24, 2.45) is 11.7 Å². The zero-order valence-corrected chi connectivity index (χ0v) is 10.2. The number of amides is 2. The molecule has 0 aliphatic rings. The van der Waals surface area contributed by atoms with Crippen molar-refractivity contribution in [2.45, 2.75) is 33.1 Å². The van der Waals surface area contributed by atoms with Crippen molar-refractivity contribution >= 4 is 11.8 Å². The second-order valence-electron chi connectivity index (χ2n) is 4.05. The third-order valence-corrected chi connectivity index (χ3v) is 2.34. The Morgan fingerprint density at radius 2 is 1.81 bits per heavy atom. The summed E-state index contributed by atoms with van der Waals surface area (Å²) in [5.41, 5.74) is 5.42. The second-order valence-corrected chi connectivity index (χ2v) is 4.05. The van der Waals surface area contributed by atoms with Crippen molar-refractivity contribution in [1.29, 1.82) is 0 Å². The van der Waals surface area contributed by atoms with Gasteiger partial charge in [0.25, 0.3) is 0 Å². The lowest BCUT2D eigenvalue weighted by atomic mass is 10.0. The fourth-order valence-corrected chi connectivity index (χ4v) is 1.34. The standard InChI is InChI=1S/C11H23N3O2/c1-9(5-6-12)3-4-11(16)14-8-7-13-10(2)15/h9H,3-8,12H2,1-2H3,(H,13,15)(H,14,16). The molecular formula is C11H23N3O2. The molecule has 0 aromatic rings. The largest absolute Gasteiger partial charge is 0.355 e. The topological polar surface area (TPSA) is 84.2 Å². The smallest absolute Gasteiger partial charge is 0.220 e. The molecule has 0 aromatic carbocycles. The van der Waals surface area contributed by atoms with Gasteiger partial charge in [0.15, 0.2) is 0 Å². The predicted octanol–water partition coefficient (Wildman–Crippen LogP) is 0.00380. The van der Waals surface area contributed by atoms with Crippen LogP contribution in [0.25, 0.3) is 0 Å². The minimum atomic E-state index is -0.0779. The van der Waals surface area contributed by atoms with Crippen molar-refractivity contribution in [3.63, 3.8) is 0 Å². The summed E-state index contributed by atoms with van der Waals surface area (Å²) in [6.45, 7) is 5.20. The van der Waals surface area contributed by atoms with Crippen LogP contribution in [0, 0.1) is 5.92 Å². The fourth-order valence-electron chi connectivity index (χ4n) is 1.34. The first-order valence-corrected chi connectivity index (χ1v) is 5.77. The zero-order chi connectivity index (χ0) is 12.4. The summed E-state index contributed by atoms with van der Waals surface area (Å²) in [6.07, 6.45) is 2.35. The Morgan fingerprint density at radius 3 is 2.38 bits per heavy atom. The second kappa shape index (κ2) is 9.15. The van der Waals surface area contributed by atoms with Gasteiger partial charge in [0.05, 0.1) is 0 Å². The molecule has 5 heteroatoms. The number of carbonyl (C=O) groups is 2. The van der Waals surface area contributed by atoms with Crippen molar-refractivity contribution in [2.75, 3.05) is 19.6 Å². The first-order valence-electron chi connectivity index (χ1n) is 5.77. The van der Waals surface area contributed by atoms with Gasteiger partial charge in [-0.05, 0) is 25.3 Å². The summed E-state index contributed by atoms with van der Waals surface area (Å²) in [4.78, 5) is 21.9. The normalized spacial score (nSPS) is 11.9. The van der Waals surface area contributed by atoms with E-state index in [4.69, 9.17) is 5.73 Å². The molecule has 0 fully saturated rings. The summed E-state index contributed by atoms with van der Waals surface area (Å²) in [5.74, 6) is 0.450. The lowest BCUT2D eigenvalue weighted by Crippen LogP contribution is -2.33. The van der Waals surface area contributed by atoms with Crippen LogP contribution in [-0.2, 0) is 9.59 Å². The molecule has 0 saturated carbocycles. The minimum Gasteiger partial charge on any atom is -0.355 e. The molecule has 1 atom stereocenters. The van der Waals surface area contributed by atoms with Crippen LogP contribution in [0.4, 0.5) is 0 Å². The van der Waals surface area contributed by atoms with Crippen molar-refractivity contribution in [3.05, 3.63) is 0 Å². The van der Waals surface area contributed by atoms with Crippen molar-refractivity contribution in [3.8, 4) is 0 Å². The molecule has 94 valence electrons. The van der Waals surface area contributed by atoms with Gasteiger partial charge in [-0.3, -0.25) is 9.59 Å². The highest BCUT2D eigenvalue weighted by Gasteiger charge is 2.05. The molecule has 0 spiro atoms. The maximum absolute atomic E-state index is 11.3. The number of rotatable bonds is 8. The monoisotopic (exact) mass is 229 g/mol. The third-order valence-electron chi connectivity index (χ3n) is 2.34. The highest BCUT2D eigenvalue weighted by Crippen LogP contribution is 2.08. The van der Waals surface area contributed by atoms with Crippen LogP contribution in [0.15, 0.2) is 0 Å². The molecule has 16 heavy (non-hydrogen) atoms. The molecule has 0 aromatic heterocycles. The molecule has 0 aliphatic carbocycles. The van der Waals surface area contributed by atoms with Crippen molar-refractivity contribution in [1.82, 2.24) is 10.6 Å². The van der Waals surface area contributed by atoms with E-state index in [-0.39, 0.29) is 11.8 Å². The first-order chi connectivity index (χ1) is 7.56. The van der Waals surface area contributed by atoms with Crippen LogP contribution in [0.1, 0.15) is 33.1 Å². The van der Waals surface area contributed by atoms with Gasteiger partial charge in [0.2, 0.25) is 11.8 Å². The Balaban J connectivity index is 3.41. The molecule has 0 heterocycles. The zero-order valence-electron chi connectivity index (χ0n) is 10.2. The van der Waals surface area contributed by atoms with Crippen LogP contribution < -0.4 is 16.4 Å². The fraction of sp³-hybridized carbons (Fsp3) is 0.818. The van der Waals surface area contributed by atoms with E-state index in [9.17, 15) is 9.59 Å². The summed E-state index contributed by atoms with van der Waals surface area (Å²) >= 11 is 0. The SMILES string of the molecule is CC(=O)NCCNC(=O)CCC(C)CCN. The van der Waals surface area contributed by atoms with Crippen LogP contribution >= 0.6 is 0 Å². The van der Waals surface area contributed by atoms with E-state index in [0.717, 1.165) is 12.8 Å². The van der Waals surface area contributed by atoms with Crippen LogP contribution in [-0.4, -0.2) is 31.4 Å². The van der Waals surface area contributed by atoms with E-state index in [2.05, 4.69) is 17.6 Å². The molecular weight excluding hydrogens is 206 g/mol. The average molecular weight is 229 g/mol. The number of hydrogen-bond donors (Lipinski definition) is 3. The summed E-state index contributed by atoms with van der Waals surface area (Å²) in [6, 6.07) is 0. The Bertz CT molecular complexity index is 219. The van der Waals surface area contributed by atoms with Gasteiger partial charge in [0.1, 0.15) is 0 Å². The van der Waals surface area contributed by atoms with Gasteiger partial charge in [-0.25, -0.2) is 0 Å². The maximum atomic E-state index is 11.3. The quantitative estimate of drug-likeness (QED) is 0.512. The number of nitrogens with one attached hydrogen (secondary N) is 2. The molecule has 4 N–H and O–H groups in total. The Hall–Kier alpha value is -1.10. The molecule has 2 amide bonds. The molecule has 1 unspecified atom stereocenters.